The smallest absolute Gasteiger partial charge is 0.317 e. The number of hydrogen-bond donors (Lipinski definition) is 3. The first-order valence-corrected chi connectivity index (χ1v) is 14.3. The molecule has 0 unspecified atom stereocenters. The average molecular weight is 563 g/mol. The number of methoxy groups -OCH3 is 1. The Kier molecular flexibility index (Phi) is 9.68. The third kappa shape index (κ3) is 7.33. The summed E-state index contributed by atoms with van der Waals surface area (Å²) in [7, 11) is -0.791. The monoisotopic (exact) mass is 562 g/mol. The van der Waals surface area contributed by atoms with E-state index in [9.17, 15) is 23.1 Å². The molecule has 0 aromatic heterocycles. The highest BCUT2D eigenvalue weighted by molar-refractivity contribution is 7.92. The Morgan fingerprint density at radius 1 is 1.21 bits per heavy atom. The summed E-state index contributed by atoms with van der Waals surface area (Å²) in [5.41, 5.74) is 0.327. The Balaban J connectivity index is 1.95. The van der Waals surface area contributed by atoms with E-state index in [0.29, 0.717) is 5.75 Å². The van der Waals surface area contributed by atoms with Crippen LogP contribution in [-0.2, 0) is 10.0 Å². The summed E-state index contributed by atoms with van der Waals surface area (Å²) in [6, 6.07) is 9.65. The van der Waals surface area contributed by atoms with Crippen LogP contribution < -0.4 is 19.5 Å². The number of sulfonamides is 1. The minimum Gasteiger partial charge on any atom is -0.497 e. The van der Waals surface area contributed by atoms with Gasteiger partial charge < -0.3 is 29.7 Å². The predicted molar refractivity (Wildman–Crippen MR) is 148 cm³/mol. The van der Waals surface area contributed by atoms with E-state index in [2.05, 4.69) is 10.0 Å². The third-order valence-electron chi connectivity index (χ3n) is 6.50. The highest BCUT2D eigenvalue weighted by atomic mass is 32.2. The number of anilines is 1. The van der Waals surface area contributed by atoms with Crippen LogP contribution in [0.3, 0.4) is 0 Å². The molecule has 3 rings (SSSR count). The molecule has 1 aliphatic rings. The summed E-state index contributed by atoms with van der Waals surface area (Å²) < 4.78 is 39.9. The number of carbonyl (C=O) groups is 2. The molecule has 39 heavy (non-hydrogen) atoms. The van der Waals surface area contributed by atoms with E-state index in [4.69, 9.17) is 9.47 Å². The number of likely N-dealkylation sites (N-methyl/N-ethyl adjacent to an activating group) is 1. The average Bonchev–Trinajstić information content (AvgIpc) is 2.89. The van der Waals surface area contributed by atoms with Crippen molar-refractivity contribution in [3.8, 4) is 11.5 Å². The van der Waals surface area contributed by atoms with Gasteiger partial charge in [0.2, 0.25) is 0 Å². The van der Waals surface area contributed by atoms with Gasteiger partial charge in [-0.15, -0.1) is 0 Å². The number of ether oxygens (including phenoxy) is 2. The van der Waals surface area contributed by atoms with Crippen molar-refractivity contribution < 1.29 is 32.6 Å². The van der Waals surface area contributed by atoms with Crippen LogP contribution in [0.5, 0.6) is 11.5 Å². The van der Waals surface area contributed by atoms with Crippen LogP contribution >= 0.6 is 0 Å². The molecular weight excluding hydrogens is 524 g/mol. The molecule has 0 fully saturated rings. The zero-order valence-electron chi connectivity index (χ0n) is 23.2. The number of carbonyl (C=O) groups excluding carboxylic acids is 2. The van der Waals surface area contributed by atoms with Gasteiger partial charge in [0.15, 0.2) is 0 Å². The number of amides is 3. The first-order valence-electron chi connectivity index (χ1n) is 12.8. The largest absolute Gasteiger partial charge is 0.497 e. The molecule has 3 N–H and O–H groups in total. The molecule has 12 heteroatoms. The van der Waals surface area contributed by atoms with Crippen LogP contribution in [0, 0.1) is 5.92 Å². The van der Waals surface area contributed by atoms with E-state index in [1.54, 1.807) is 37.1 Å². The van der Waals surface area contributed by atoms with Gasteiger partial charge in [0.1, 0.15) is 17.6 Å². The summed E-state index contributed by atoms with van der Waals surface area (Å²) in [5, 5.41) is 12.7. The van der Waals surface area contributed by atoms with Gasteiger partial charge in [-0.25, -0.2) is 13.2 Å². The van der Waals surface area contributed by atoms with Crippen LogP contribution in [0.4, 0.5) is 10.5 Å². The van der Waals surface area contributed by atoms with Gasteiger partial charge in [-0.05, 0) is 63.2 Å². The molecule has 0 saturated carbocycles. The lowest BCUT2D eigenvalue weighted by molar-refractivity contribution is 0.0366. The van der Waals surface area contributed by atoms with Crippen molar-refractivity contribution in [2.24, 2.45) is 5.92 Å². The second-order valence-electron chi connectivity index (χ2n) is 10.1. The molecule has 0 spiro atoms. The number of nitrogens with one attached hydrogen (secondary N) is 2. The van der Waals surface area contributed by atoms with Crippen molar-refractivity contribution in [2.75, 3.05) is 38.6 Å². The molecule has 0 radical (unpaired) electrons. The van der Waals surface area contributed by atoms with E-state index in [1.807, 2.05) is 20.8 Å². The Labute approximate surface area is 230 Å². The van der Waals surface area contributed by atoms with Gasteiger partial charge in [0.05, 0.1) is 36.8 Å². The number of rotatable bonds is 9. The Bertz CT molecular complexity index is 1270. The topological polar surface area (TPSA) is 138 Å². The number of aliphatic hydroxyl groups excluding tert-OH is 1. The van der Waals surface area contributed by atoms with Gasteiger partial charge in [-0.3, -0.25) is 9.52 Å². The minimum atomic E-state index is -3.95. The van der Waals surface area contributed by atoms with Crippen molar-refractivity contribution in [1.82, 2.24) is 15.1 Å². The van der Waals surface area contributed by atoms with E-state index in [1.165, 1.54) is 36.3 Å². The predicted octanol–water partition coefficient (Wildman–Crippen LogP) is 2.77. The summed E-state index contributed by atoms with van der Waals surface area (Å²) in [6.07, 6.45) is -0.477. The molecule has 3 amide bonds. The number of nitrogens with zero attached hydrogens (tertiary/aromatic N) is 2. The number of benzene rings is 2. The van der Waals surface area contributed by atoms with Crippen molar-refractivity contribution in [1.29, 1.82) is 0 Å². The van der Waals surface area contributed by atoms with Crippen molar-refractivity contribution in [2.45, 2.75) is 50.8 Å². The van der Waals surface area contributed by atoms with Gasteiger partial charge in [-0.2, -0.15) is 0 Å². The second-order valence-corrected chi connectivity index (χ2v) is 11.8. The number of urea groups is 1. The lowest BCUT2D eigenvalue weighted by atomic mass is 9.99. The van der Waals surface area contributed by atoms with Crippen molar-refractivity contribution in [3.05, 3.63) is 48.0 Å². The number of aliphatic hydroxyl groups is 1. The number of fused-ring (bicyclic) bond motifs is 1. The van der Waals surface area contributed by atoms with Crippen LogP contribution in [0.1, 0.15) is 38.1 Å². The summed E-state index contributed by atoms with van der Waals surface area (Å²) in [5.74, 6) is 0.204. The lowest BCUT2D eigenvalue weighted by Crippen LogP contribution is -2.51. The first kappa shape index (κ1) is 30.0. The Morgan fingerprint density at radius 3 is 2.46 bits per heavy atom. The molecular formula is C27H38N4O7S. The Morgan fingerprint density at radius 2 is 1.87 bits per heavy atom. The van der Waals surface area contributed by atoms with E-state index in [-0.39, 0.29) is 59.6 Å². The lowest BCUT2D eigenvalue weighted by Gasteiger charge is -2.38. The van der Waals surface area contributed by atoms with Crippen molar-refractivity contribution >= 4 is 27.6 Å². The van der Waals surface area contributed by atoms with Gasteiger partial charge in [0.25, 0.3) is 15.9 Å². The van der Waals surface area contributed by atoms with E-state index in [0.717, 1.165) is 0 Å². The molecule has 0 saturated heterocycles. The summed E-state index contributed by atoms with van der Waals surface area (Å²) >= 11 is 0. The highest BCUT2D eigenvalue weighted by Gasteiger charge is 2.34. The SMILES string of the molecule is COc1ccc(S(=O)(=O)Nc2ccc3c(c2)C(=O)N([C@@H](C)CO)C[C@@H](C)[C@H](CN(C)C(=O)NC(C)C)O3)cc1. The molecule has 2 aromatic carbocycles. The first-order chi connectivity index (χ1) is 18.4. The van der Waals surface area contributed by atoms with Crippen molar-refractivity contribution in [3.63, 3.8) is 0 Å². The molecule has 0 aliphatic carbocycles. The van der Waals surface area contributed by atoms with Gasteiger partial charge >= 0.3 is 6.03 Å². The fraction of sp³-hybridized carbons (Fsp3) is 0.481. The van der Waals surface area contributed by atoms with Crippen LogP contribution in [0.15, 0.2) is 47.4 Å². The second kappa shape index (κ2) is 12.6. The fourth-order valence-corrected chi connectivity index (χ4v) is 5.23. The number of hydrogen-bond acceptors (Lipinski definition) is 7. The zero-order valence-corrected chi connectivity index (χ0v) is 24.0. The zero-order chi connectivity index (χ0) is 28.9. The molecule has 2 aromatic rings. The normalized spacial score (nSPS) is 18.4. The summed E-state index contributed by atoms with van der Waals surface area (Å²) in [4.78, 5) is 29.3. The van der Waals surface area contributed by atoms with Crippen LogP contribution in [0.25, 0.3) is 0 Å². The maximum Gasteiger partial charge on any atom is 0.317 e. The highest BCUT2D eigenvalue weighted by Crippen LogP contribution is 2.31. The molecule has 3 atom stereocenters. The molecule has 0 bridgehead atoms. The quantitative estimate of drug-likeness (QED) is 0.427. The molecule has 11 nitrogen and oxygen atoms in total. The summed E-state index contributed by atoms with van der Waals surface area (Å²) in [6.45, 7) is 7.67. The van der Waals surface area contributed by atoms with E-state index < -0.39 is 28.1 Å². The third-order valence-corrected chi connectivity index (χ3v) is 7.90. The maximum atomic E-state index is 13.6. The minimum absolute atomic E-state index is 0.0322. The van der Waals surface area contributed by atoms with Gasteiger partial charge in [0, 0.05) is 31.2 Å². The Hall–Kier alpha value is -3.51. The molecule has 1 heterocycles. The molecule has 1 aliphatic heterocycles. The van der Waals surface area contributed by atoms with Crippen LogP contribution in [0.2, 0.25) is 0 Å². The van der Waals surface area contributed by atoms with Crippen LogP contribution in [-0.4, -0.2) is 87.3 Å². The molecule has 214 valence electrons. The van der Waals surface area contributed by atoms with Gasteiger partial charge in [-0.1, -0.05) is 6.92 Å². The fourth-order valence-electron chi connectivity index (χ4n) is 4.18. The standard InChI is InChI=1S/C27H38N4O7S/c1-17(2)28-27(34)30(5)15-25-18(3)14-31(19(4)16-32)26(33)23-13-20(7-12-24(23)38-25)29-39(35,36)22-10-8-21(37-6)9-11-22/h7-13,17-19,25,29,32H,14-16H2,1-6H3,(H,28,34)/t18-,19+,25+/m1/s1. The maximum absolute atomic E-state index is 13.6. The van der Waals surface area contributed by atoms with E-state index >= 15 is 0 Å².